The van der Waals surface area contributed by atoms with Gasteiger partial charge in [-0.3, -0.25) is 4.98 Å². The van der Waals surface area contributed by atoms with Crippen LogP contribution in [0.4, 0.5) is 14.5 Å². The largest absolute Gasteiger partial charge is 0.367 e. The van der Waals surface area contributed by atoms with E-state index in [0.29, 0.717) is 25.1 Å². The molecule has 4 nitrogen and oxygen atoms in total. The van der Waals surface area contributed by atoms with E-state index in [9.17, 15) is 8.78 Å². The third kappa shape index (κ3) is 2.74. The highest BCUT2D eigenvalue weighted by Crippen LogP contribution is 2.32. The van der Waals surface area contributed by atoms with Crippen LogP contribution in [0.2, 0.25) is 0 Å². The minimum Gasteiger partial charge on any atom is -0.367 e. The third-order valence-corrected chi connectivity index (χ3v) is 5.11. The number of anilines is 1. The zero-order chi connectivity index (χ0) is 16.7. The number of halogens is 2. The van der Waals surface area contributed by atoms with Crippen LogP contribution in [-0.2, 0) is 4.74 Å². The van der Waals surface area contributed by atoms with E-state index in [4.69, 9.17) is 4.74 Å². The van der Waals surface area contributed by atoms with Gasteiger partial charge in [0.25, 0.3) is 0 Å². The van der Waals surface area contributed by atoms with Crippen LogP contribution >= 0.6 is 11.3 Å². The second-order valence-corrected chi connectivity index (χ2v) is 6.64. The first-order valence-electron chi connectivity index (χ1n) is 7.64. The number of pyridine rings is 1. The van der Waals surface area contributed by atoms with Crippen LogP contribution in [-0.4, -0.2) is 29.7 Å². The van der Waals surface area contributed by atoms with Crippen LogP contribution in [0.1, 0.15) is 16.8 Å². The van der Waals surface area contributed by atoms with Crippen LogP contribution in [0, 0.1) is 18.6 Å². The smallest absolute Gasteiger partial charge is 0.152 e. The standard InChI is InChI=1S/C17H15F2N3OS/c1-10-9-24-17(21-10)15-8-22(4-5-23-15)14-2-3-20-16-12(14)6-11(18)7-13(16)19/h2-3,6-7,9,15H,4-5,8H2,1H3. The summed E-state index contributed by atoms with van der Waals surface area (Å²) in [5.41, 5.74) is 1.91. The van der Waals surface area contributed by atoms with E-state index in [2.05, 4.69) is 14.9 Å². The third-order valence-electron chi connectivity index (χ3n) is 4.06. The van der Waals surface area contributed by atoms with Gasteiger partial charge in [-0.05, 0) is 19.1 Å². The summed E-state index contributed by atoms with van der Waals surface area (Å²) in [5, 5.41) is 3.39. The van der Waals surface area contributed by atoms with E-state index < -0.39 is 11.6 Å². The van der Waals surface area contributed by atoms with Crippen molar-refractivity contribution in [1.29, 1.82) is 0 Å². The summed E-state index contributed by atoms with van der Waals surface area (Å²) in [6, 6.07) is 3.98. The Bertz CT molecular complexity index is 899. The SMILES string of the molecule is Cc1csc(C2CN(c3ccnc4c(F)cc(F)cc34)CCO2)n1. The van der Waals surface area contributed by atoms with E-state index in [-0.39, 0.29) is 11.6 Å². The lowest BCUT2D eigenvalue weighted by molar-refractivity contribution is 0.0397. The summed E-state index contributed by atoms with van der Waals surface area (Å²) in [4.78, 5) is 10.6. The Hall–Kier alpha value is -2.12. The molecule has 7 heteroatoms. The predicted molar refractivity (Wildman–Crippen MR) is 89.4 cm³/mol. The van der Waals surface area contributed by atoms with Crippen LogP contribution in [0.5, 0.6) is 0 Å². The van der Waals surface area contributed by atoms with Crippen molar-refractivity contribution in [2.45, 2.75) is 13.0 Å². The molecule has 0 bridgehead atoms. The van der Waals surface area contributed by atoms with Crippen LogP contribution in [0.3, 0.4) is 0 Å². The lowest BCUT2D eigenvalue weighted by Crippen LogP contribution is -2.38. The molecule has 1 aromatic carbocycles. The van der Waals surface area contributed by atoms with Crippen LogP contribution in [0.15, 0.2) is 29.8 Å². The normalized spacial score (nSPS) is 18.3. The van der Waals surface area contributed by atoms with E-state index in [0.717, 1.165) is 22.5 Å². The quantitative estimate of drug-likeness (QED) is 0.706. The molecule has 1 saturated heterocycles. The molecule has 24 heavy (non-hydrogen) atoms. The number of hydrogen-bond acceptors (Lipinski definition) is 5. The van der Waals surface area contributed by atoms with Crippen molar-refractivity contribution in [2.24, 2.45) is 0 Å². The fourth-order valence-corrected chi connectivity index (χ4v) is 3.81. The maximum absolute atomic E-state index is 14.0. The Morgan fingerprint density at radius 3 is 3.00 bits per heavy atom. The zero-order valence-corrected chi connectivity index (χ0v) is 13.8. The highest BCUT2D eigenvalue weighted by molar-refractivity contribution is 7.09. The maximum atomic E-state index is 14.0. The number of fused-ring (bicyclic) bond motifs is 1. The molecule has 0 N–H and O–H groups in total. The summed E-state index contributed by atoms with van der Waals surface area (Å²) in [7, 11) is 0. The van der Waals surface area contributed by atoms with Gasteiger partial charge in [0.05, 0.1) is 13.2 Å². The van der Waals surface area contributed by atoms with E-state index in [1.807, 2.05) is 12.3 Å². The number of morpholine rings is 1. The molecule has 0 saturated carbocycles. The van der Waals surface area contributed by atoms with Crippen molar-refractivity contribution in [2.75, 3.05) is 24.6 Å². The molecule has 1 aliphatic rings. The highest BCUT2D eigenvalue weighted by Gasteiger charge is 2.26. The molecule has 1 unspecified atom stereocenters. The molecule has 124 valence electrons. The molecule has 3 heterocycles. The molecule has 1 atom stereocenters. The number of aromatic nitrogens is 2. The van der Waals surface area contributed by atoms with Gasteiger partial charge in [0.2, 0.25) is 0 Å². The van der Waals surface area contributed by atoms with Gasteiger partial charge in [-0.25, -0.2) is 13.8 Å². The van der Waals surface area contributed by atoms with Crippen molar-refractivity contribution in [1.82, 2.24) is 9.97 Å². The number of benzene rings is 1. The summed E-state index contributed by atoms with van der Waals surface area (Å²) in [6.45, 7) is 3.72. The molecular weight excluding hydrogens is 332 g/mol. The Labute approximate surface area is 141 Å². The molecule has 4 rings (SSSR count). The second-order valence-electron chi connectivity index (χ2n) is 5.75. The summed E-state index contributed by atoms with van der Waals surface area (Å²) < 4.78 is 33.5. The van der Waals surface area contributed by atoms with Crippen molar-refractivity contribution in [3.63, 3.8) is 0 Å². The molecule has 2 aromatic heterocycles. The van der Waals surface area contributed by atoms with Crippen LogP contribution < -0.4 is 4.90 Å². The molecule has 1 fully saturated rings. The fraction of sp³-hybridized carbons (Fsp3) is 0.294. The molecular formula is C17H15F2N3OS. The Morgan fingerprint density at radius 1 is 1.33 bits per heavy atom. The number of aryl methyl sites for hydroxylation is 1. The molecule has 0 amide bonds. The average molecular weight is 347 g/mol. The molecule has 3 aromatic rings. The van der Waals surface area contributed by atoms with E-state index in [1.165, 1.54) is 6.07 Å². The lowest BCUT2D eigenvalue weighted by Gasteiger charge is -2.34. The van der Waals surface area contributed by atoms with Gasteiger partial charge in [-0.15, -0.1) is 11.3 Å². The minimum absolute atomic E-state index is 0.140. The first-order valence-corrected chi connectivity index (χ1v) is 8.52. The minimum atomic E-state index is -0.646. The number of rotatable bonds is 2. The number of hydrogen-bond donors (Lipinski definition) is 0. The Balaban J connectivity index is 1.72. The first kappa shape index (κ1) is 15.4. The van der Waals surface area contributed by atoms with Crippen molar-refractivity contribution < 1.29 is 13.5 Å². The van der Waals surface area contributed by atoms with E-state index >= 15 is 0 Å². The van der Waals surface area contributed by atoms with Crippen molar-refractivity contribution in [3.8, 4) is 0 Å². The topological polar surface area (TPSA) is 38.2 Å². The Morgan fingerprint density at radius 2 is 2.21 bits per heavy atom. The maximum Gasteiger partial charge on any atom is 0.152 e. The van der Waals surface area contributed by atoms with Gasteiger partial charge in [0.15, 0.2) is 5.82 Å². The van der Waals surface area contributed by atoms with Gasteiger partial charge in [-0.2, -0.15) is 0 Å². The van der Waals surface area contributed by atoms with Crippen molar-refractivity contribution >= 4 is 27.9 Å². The molecule has 1 aliphatic heterocycles. The first-order chi connectivity index (χ1) is 11.6. The average Bonchev–Trinajstić information content (AvgIpc) is 3.01. The fourth-order valence-electron chi connectivity index (χ4n) is 2.98. The van der Waals surface area contributed by atoms with Gasteiger partial charge in [0, 0.05) is 41.0 Å². The zero-order valence-electron chi connectivity index (χ0n) is 13.0. The number of ether oxygens (including phenoxy) is 1. The molecule has 0 spiro atoms. The summed E-state index contributed by atoms with van der Waals surface area (Å²) >= 11 is 1.57. The highest BCUT2D eigenvalue weighted by atomic mass is 32.1. The van der Waals surface area contributed by atoms with Gasteiger partial charge in [0.1, 0.15) is 22.4 Å². The number of nitrogens with zero attached hydrogens (tertiary/aromatic N) is 3. The van der Waals surface area contributed by atoms with Gasteiger partial charge < -0.3 is 9.64 Å². The monoisotopic (exact) mass is 347 g/mol. The van der Waals surface area contributed by atoms with Crippen molar-refractivity contribution in [3.05, 3.63) is 52.1 Å². The van der Waals surface area contributed by atoms with E-state index in [1.54, 1.807) is 23.6 Å². The Kier molecular flexibility index (Phi) is 3.90. The lowest BCUT2D eigenvalue weighted by atomic mass is 10.1. The summed E-state index contributed by atoms with van der Waals surface area (Å²) in [5.74, 6) is -1.25. The van der Waals surface area contributed by atoms with Gasteiger partial charge in [-0.1, -0.05) is 0 Å². The van der Waals surface area contributed by atoms with Gasteiger partial charge >= 0.3 is 0 Å². The predicted octanol–water partition coefficient (Wildman–Crippen LogP) is 3.86. The van der Waals surface area contributed by atoms with Crippen LogP contribution in [0.25, 0.3) is 10.9 Å². The number of thiazole rings is 1. The summed E-state index contributed by atoms with van der Waals surface area (Å²) in [6.07, 6.45) is 1.41. The second kappa shape index (κ2) is 6.07. The molecule has 0 radical (unpaired) electrons. The molecule has 0 aliphatic carbocycles.